The molecule has 0 bridgehead atoms. The van der Waals surface area contributed by atoms with Gasteiger partial charge in [-0.2, -0.15) is 4.67 Å². The van der Waals surface area contributed by atoms with E-state index in [-0.39, 0.29) is 11.7 Å². The highest BCUT2D eigenvalue weighted by Crippen LogP contribution is 2.41. The highest BCUT2D eigenvalue weighted by atomic mass is 31.1. The third-order valence-corrected chi connectivity index (χ3v) is 4.45. The number of nitro benzene ring substituents is 1. The molecule has 0 aromatic heterocycles. The summed E-state index contributed by atoms with van der Waals surface area (Å²) < 4.78 is 19.3. The second kappa shape index (κ2) is 7.20. The van der Waals surface area contributed by atoms with Crippen molar-refractivity contribution in [3.8, 4) is 11.5 Å². The number of ether oxygens (including phenoxy) is 1. The Kier molecular flexibility index (Phi) is 5.29. The van der Waals surface area contributed by atoms with Gasteiger partial charge >= 0.3 is 7.95 Å². The average molecular weight is 333 g/mol. The van der Waals surface area contributed by atoms with E-state index in [0.29, 0.717) is 17.2 Å². The standard InChI is InChI=1S/C16H18N2O4P/c1-12(2)17(23(3)21)16-11-14(9-10-15(16)18(19)20)22-13-7-5-4-6-8-13/h4-12H,1-3H3/q+1. The van der Waals surface area contributed by atoms with Crippen LogP contribution >= 0.6 is 7.95 Å². The highest BCUT2D eigenvalue weighted by Gasteiger charge is 2.32. The first-order valence-corrected chi connectivity index (χ1v) is 8.77. The second-order valence-electron chi connectivity index (χ2n) is 5.23. The number of hydrogen-bond acceptors (Lipinski definition) is 4. The van der Waals surface area contributed by atoms with Crippen molar-refractivity contribution in [3.05, 3.63) is 58.6 Å². The van der Waals surface area contributed by atoms with E-state index >= 15 is 0 Å². The SMILES string of the molecule is CC(C)N(c1cc(Oc2ccccc2)ccc1[N+](=O)[O-])[P+](C)=O. The lowest BCUT2D eigenvalue weighted by molar-refractivity contribution is -0.384. The summed E-state index contributed by atoms with van der Waals surface area (Å²) in [5.74, 6) is 1.09. The summed E-state index contributed by atoms with van der Waals surface area (Å²) in [6, 6.07) is 13.5. The molecule has 1 unspecified atom stereocenters. The molecule has 120 valence electrons. The molecule has 0 fully saturated rings. The van der Waals surface area contributed by atoms with Gasteiger partial charge in [-0.05, 0) is 36.6 Å². The average Bonchev–Trinajstić information content (AvgIpc) is 2.47. The summed E-state index contributed by atoms with van der Waals surface area (Å²) in [4.78, 5) is 10.8. The number of anilines is 1. The first-order chi connectivity index (χ1) is 10.9. The molecule has 0 saturated carbocycles. The van der Waals surface area contributed by atoms with Gasteiger partial charge in [0.05, 0.1) is 11.0 Å². The number of nitrogens with zero attached hydrogens (tertiary/aromatic N) is 2. The summed E-state index contributed by atoms with van der Waals surface area (Å²) in [6.07, 6.45) is 0. The van der Waals surface area contributed by atoms with Gasteiger partial charge in [0.15, 0.2) is 12.4 Å². The van der Waals surface area contributed by atoms with Crippen LogP contribution in [0.4, 0.5) is 11.4 Å². The normalized spacial score (nSPS) is 11.2. The molecule has 23 heavy (non-hydrogen) atoms. The van der Waals surface area contributed by atoms with Gasteiger partial charge in [-0.25, -0.2) is 0 Å². The maximum absolute atomic E-state index is 12.0. The zero-order chi connectivity index (χ0) is 17.0. The van der Waals surface area contributed by atoms with Crippen LogP contribution in [-0.2, 0) is 4.57 Å². The minimum absolute atomic E-state index is 0.0932. The van der Waals surface area contributed by atoms with E-state index in [4.69, 9.17) is 4.74 Å². The lowest BCUT2D eigenvalue weighted by atomic mass is 10.2. The first-order valence-electron chi connectivity index (χ1n) is 7.11. The van der Waals surface area contributed by atoms with Gasteiger partial charge in [0.2, 0.25) is 0 Å². The number of para-hydroxylation sites is 1. The summed E-state index contributed by atoms with van der Waals surface area (Å²) in [5, 5.41) is 11.3. The van der Waals surface area contributed by atoms with Gasteiger partial charge in [-0.1, -0.05) is 18.2 Å². The third-order valence-electron chi connectivity index (χ3n) is 3.16. The molecule has 0 spiro atoms. The Morgan fingerprint density at radius 2 is 1.78 bits per heavy atom. The van der Waals surface area contributed by atoms with Crippen LogP contribution in [0.3, 0.4) is 0 Å². The molecular weight excluding hydrogens is 315 g/mol. The van der Waals surface area contributed by atoms with Crippen molar-refractivity contribution in [1.82, 2.24) is 0 Å². The van der Waals surface area contributed by atoms with Crippen molar-refractivity contribution in [3.63, 3.8) is 0 Å². The molecule has 0 heterocycles. The largest absolute Gasteiger partial charge is 0.459 e. The number of hydrogen-bond donors (Lipinski definition) is 0. The van der Waals surface area contributed by atoms with Gasteiger partial charge in [0.25, 0.3) is 5.69 Å². The summed E-state index contributed by atoms with van der Waals surface area (Å²) in [5.41, 5.74) is 0.200. The van der Waals surface area contributed by atoms with Gasteiger partial charge < -0.3 is 4.74 Å². The molecule has 0 saturated heterocycles. The molecule has 0 aliphatic rings. The van der Waals surface area contributed by atoms with E-state index in [9.17, 15) is 14.7 Å². The second-order valence-corrected chi connectivity index (χ2v) is 6.58. The topological polar surface area (TPSA) is 72.7 Å². The predicted molar refractivity (Wildman–Crippen MR) is 90.8 cm³/mol. The Morgan fingerprint density at radius 3 is 2.30 bits per heavy atom. The Hall–Kier alpha value is -2.46. The molecule has 0 aliphatic carbocycles. The molecule has 2 aromatic rings. The van der Waals surface area contributed by atoms with Crippen molar-refractivity contribution in [2.75, 3.05) is 11.3 Å². The number of rotatable bonds is 6. The Balaban J connectivity index is 2.47. The van der Waals surface area contributed by atoms with Crippen LogP contribution in [0.2, 0.25) is 0 Å². The molecule has 1 atom stereocenters. The van der Waals surface area contributed by atoms with Crippen molar-refractivity contribution < 1.29 is 14.2 Å². The molecular formula is C16H18N2O4P+. The fourth-order valence-electron chi connectivity index (χ4n) is 2.28. The van der Waals surface area contributed by atoms with Gasteiger partial charge in [-0.3, -0.25) is 10.1 Å². The van der Waals surface area contributed by atoms with Crippen molar-refractivity contribution >= 4 is 19.3 Å². The third kappa shape index (κ3) is 4.05. The molecule has 6 nitrogen and oxygen atoms in total. The summed E-state index contributed by atoms with van der Waals surface area (Å²) in [6.45, 7) is 5.21. The maximum Gasteiger partial charge on any atom is 0.459 e. The first kappa shape index (κ1) is 16.9. The molecule has 0 amide bonds. The fourth-order valence-corrected chi connectivity index (χ4v) is 3.40. The van der Waals surface area contributed by atoms with E-state index in [1.54, 1.807) is 18.2 Å². The summed E-state index contributed by atoms with van der Waals surface area (Å²) in [7, 11) is -1.77. The van der Waals surface area contributed by atoms with Crippen LogP contribution in [0.15, 0.2) is 48.5 Å². The zero-order valence-electron chi connectivity index (χ0n) is 13.2. The Bertz CT molecular complexity index is 719. The lowest BCUT2D eigenvalue weighted by Crippen LogP contribution is -2.23. The smallest absolute Gasteiger partial charge is 0.457 e. The zero-order valence-corrected chi connectivity index (χ0v) is 14.1. The minimum Gasteiger partial charge on any atom is -0.457 e. The van der Waals surface area contributed by atoms with E-state index < -0.39 is 12.9 Å². The van der Waals surface area contributed by atoms with E-state index in [0.717, 1.165) is 0 Å². The van der Waals surface area contributed by atoms with Crippen molar-refractivity contribution in [2.45, 2.75) is 19.9 Å². The van der Waals surface area contributed by atoms with Gasteiger partial charge in [0, 0.05) is 12.1 Å². The number of benzene rings is 2. The molecule has 7 heteroatoms. The van der Waals surface area contributed by atoms with Crippen LogP contribution in [0.5, 0.6) is 11.5 Å². The van der Waals surface area contributed by atoms with Crippen LogP contribution in [0.25, 0.3) is 0 Å². The maximum atomic E-state index is 12.0. The van der Waals surface area contributed by atoms with E-state index in [2.05, 4.69) is 0 Å². The van der Waals surface area contributed by atoms with Crippen LogP contribution in [0.1, 0.15) is 13.8 Å². The molecule has 2 rings (SSSR count). The van der Waals surface area contributed by atoms with E-state index in [1.807, 2.05) is 32.0 Å². The highest BCUT2D eigenvalue weighted by molar-refractivity contribution is 7.45. The molecule has 2 aromatic carbocycles. The van der Waals surface area contributed by atoms with Crippen molar-refractivity contribution in [2.24, 2.45) is 0 Å². The Labute approximate surface area is 135 Å². The lowest BCUT2D eigenvalue weighted by Gasteiger charge is -2.17. The van der Waals surface area contributed by atoms with Crippen LogP contribution < -0.4 is 9.41 Å². The fraction of sp³-hybridized carbons (Fsp3) is 0.250. The van der Waals surface area contributed by atoms with Gasteiger partial charge in [0.1, 0.15) is 11.5 Å². The number of nitro groups is 1. The summed E-state index contributed by atoms with van der Waals surface area (Å²) >= 11 is 0. The molecule has 0 aliphatic heterocycles. The van der Waals surface area contributed by atoms with Crippen molar-refractivity contribution in [1.29, 1.82) is 0 Å². The molecule has 0 radical (unpaired) electrons. The molecule has 0 N–H and O–H groups in total. The predicted octanol–water partition coefficient (Wildman–Crippen LogP) is 4.97. The minimum atomic E-state index is -1.77. The van der Waals surface area contributed by atoms with Crippen LogP contribution in [0, 0.1) is 10.1 Å². The van der Waals surface area contributed by atoms with Crippen LogP contribution in [-0.4, -0.2) is 17.6 Å². The van der Waals surface area contributed by atoms with E-state index in [1.165, 1.54) is 23.5 Å². The Morgan fingerprint density at radius 1 is 1.13 bits per heavy atom. The van der Waals surface area contributed by atoms with Gasteiger partial charge in [-0.15, -0.1) is 0 Å². The quantitative estimate of drug-likeness (QED) is 0.424. The monoisotopic (exact) mass is 333 g/mol.